The van der Waals surface area contributed by atoms with Gasteiger partial charge in [0.25, 0.3) is 0 Å². The molecule has 3 aromatic heterocycles. The molecule has 51 heavy (non-hydrogen) atoms. The molecular weight excluding hydrogens is 621 g/mol. The number of furan rings is 1. The second kappa shape index (κ2) is 10.8. The van der Waals surface area contributed by atoms with Gasteiger partial charge in [0.1, 0.15) is 11.2 Å². The third-order valence-electron chi connectivity index (χ3n) is 8.66. The van der Waals surface area contributed by atoms with Crippen LogP contribution in [-0.4, -0.2) is 9.13 Å². The van der Waals surface area contributed by atoms with Crippen molar-refractivity contribution in [3.8, 4) is 33.6 Å². The molecule has 3 nitrogen and oxygen atoms in total. The second-order valence-corrected chi connectivity index (χ2v) is 11.4. The van der Waals surface area contributed by atoms with E-state index in [0.29, 0.717) is 0 Å². The van der Waals surface area contributed by atoms with Crippen molar-refractivity contribution >= 4 is 65.6 Å². The van der Waals surface area contributed by atoms with Gasteiger partial charge in [0, 0.05) is 38.2 Å². The van der Waals surface area contributed by atoms with Crippen LogP contribution in [0.3, 0.4) is 0 Å². The maximum atomic E-state index is 9.98. The van der Waals surface area contributed by atoms with Crippen molar-refractivity contribution in [1.29, 1.82) is 0 Å². The molecule has 0 fully saturated rings. The van der Waals surface area contributed by atoms with E-state index in [0.717, 1.165) is 4.57 Å². The molecule has 3 heterocycles. The highest BCUT2D eigenvalue weighted by Gasteiger charge is 2.21. The third kappa shape index (κ3) is 4.12. The van der Waals surface area contributed by atoms with E-state index in [2.05, 4.69) is 0 Å². The Hall–Kier alpha value is -6.84. The van der Waals surface area contributed by atoms with Gasteiger partial charge in [0.15, 0.2) is 0 Å². The lowest BCUT2D eigenvalue weighted by atomic mass is 10.00. The van der Waals surface area contributed by atoms with Gasteiger partial charge in [-0.2, -0.15) is 0 Å². The Labute approximate surface area is 329 Å². The Morgan fingerprint density at radius 1 is 0.431 bits per heavy atom. The Kier molecular flexibility index (Phi) is 2.79. The molecule has 3 heteroatoms. The van der Waals surface area contributed by atoms with Crippen LogP contribution in [0.15, 0.2) is 186 Å². The van der Waals surface area contributed by atoms with E-state index in [9.17, 15) is 13.7 Å². The summed E-state index contributed by atoms with van der Waals surface area (Å²) >= 11 is 0. The van der Waals surface area contributed by atoms with E-state index in [1.54, 1.807) is 30.3 Å². The van der Waals surface area contributed by atoms with Crippen molar-refractivity contribution < 1.29 is 38.7 Å². The maximum Gasteiger partial charge on any atom is 0.145 e. The van der Waals surface area contributed by atoms with E-state index in [-0.39, 0.29) is 27.5 Å². The SMILES string of the molecule is [2H]c1c([2H])c([2H])c(-c2c([2H])c([2H])c(-n3c4c([2H])c([2H])c([2H])c([2H])c4c4c([2H])c(-c5c([2H])c([2H])c6c(c5[2H])c5c([2H])c([2H])c([2H])c([2H])c5n6-c5ccccc5)c([2H])c([2H])c43)c3c2oc2c([2H])c([2H])c([2H])c([2H])c23)c([2H])c1[2H]. The molecule has 0 N–H and O–H groups in total. The highest BCUT2D eigenvalue weighted by molar-refractivity contribution is 6.17. The molecule has 0 spiro atoms. The maximum absolute atomic E-state index is 9.98. The topological polar surface area (TPSA) is 23.0 Å². The molecule has 0 atom stereocenters. The Bertz CT molecular complexity index is 4550. The average molecular weight is 676 g/mol. The van der Waals surface area contributed by atoms with Crippen LogP contribution in [0.25, 0.3) is 99.2 Å². The summed E-state index contributed by atoms with van der Waals surface area (Å²) in [6.45, 7) is 0. The molecule has 0 bridgehead atoms. The highest BCUT2D eigenvalue weighted by atomic mass is 16.3. The van der Waals surface area contributed by atoms with Gasteiger partial charge in [-0.05, 0) is 83.2 Å². The summed E-state index contributed by atoms with van der Waals surface area (Å²) in [5, 5.41) is -2.73. The summed E-state index contributed by atoms with van der Waals surface area (Å²) in [6, 6.07) is -12.5. The van der Waals surface area contributed by atoms with Crippen LogP contribution in [0.4, 0.5) is 0 Å². The number of hydrogen-bond acceptors (Lipinski definition) is 1. The van der Waals surface area contributed by atoms with Crippen LogP contribution in [0, 0.1) is 0 Å². The van der Waals surface area contributed by atoms with Crippen molar-refractivity contribution in [2.75, 3.05) is 0 Å². The fourth-order valence-electron chi connectivity index (χ4n) is 6.52. The molecule has 11 rings (SSSR count). The summed E-state index contributed by atoms with van der Waals surface area (Å²) in [4.78, 5) is 0. The summed E-state index contributed by atoms with van der Waals surface area (Å²) in [6.07, 6.45) is 0. The van der Waals surface area contributed by atoms with Crippen LogP contribution in [0.1, 0.15) is 34.3 Å². The minimum atomic E-state index is -0.984. The number of hydrogen-bond donors (Lipinski definition) is 0. The molecule has 0 radical (unpaired) electrons. The highest BCUT2D eigenvalue weighted by Crippen LogP contribution is 2.43. The third-order valence-corrected chi connectivity index (χ3v) is 8.66. The molecule has 8 aromatic carbocycles. The fraction of sp³-hybridized carbons (Fsp3) is 0. The zero-order chi connectivity index (χ0) is 55.2. The smallest absolute Gasteiger partial charge is 0.145 e. The lowest BCUT2D eigenvalue weighted by molar-refractivity contribution is 0.670. The quantitative estimate of drug-likeness (QED) is 0.182. The normalized spacial score (nSPS) is 18.8. The summed E-state index contributed by atoms with van der Waals surface area (Å²) in [7, 11) is 0. The van der Waals surface area contributed by atoms with Crippen LogP contribution in [-0.2, 0) is 0 Å². The number of para-hydroxylation sites is 4. The Balaban J connectivity index is 1.38. The lowest BCUT2D eigenvalue weighted by Crippen LogP contribution is -1.95. The zero-order valence-electron chi connectivity index (χ0n) is 50.7. The number of aromatic nitrogens is 2. The number of nitrogens with zero attached hydrogens (tertiary/aromatic N) is 2. The summed E-state index contributed by atoms with van der Waals surface area (Å²) < 4.78 is 235. The Morgan fingerprint density at radius 3 is 1.71 bits per heavy atom. The monoisotopic (exact) mass is 675 g/mol. The van der Waals surface area contributed by atoms with E-state index in [4.69, 9.17) is 25.0 Å². The second-order valence-electron chi connectivity index (χ2n) is 11.4. The van der Waals surface area contributed by atoms with E-state index >= 15 is 0 Å². The van der Waals surface area contributed by atoms with Gasteiger partial charge >= 0.3 is 0 Å². The van der Waals surface area contributed by atoms with Gasteiger partial charge in [-0.1, -0.05) is 115 Å². The minimum absolute atomic E-state index is 0.167. The molecule has 0 aliphatic rings. The van der Waals surface area contributed by atoms with Gasteiger partial charge in [-0.25, -0.2) is 0 Å². The van der Waals surface area contributed by atoms with E-state index in [1.165, 1.54) is 4.57 Å². The first-order chi connectivity index (χ1) is 35.7. The van der Waals surface area contributed by atoms with Crippen molar-refractivity contribution in [2.45, 2.75) is 0 Å². The van der Waals surface area contributed by atoms with Crippen LogP contribution >= 0.6 is 0 Å². The van der Waals surface area contributed by atoms with Gasteiger partial charge in [-0.15, -0.1) is 0 Å². The van der Waals surface area contributed by atoms with Gasteiger partial charge in [0.05, 0.1) is 67.4 Å². The van der Waals surface area contributed by atoms with E-state index in [1.807, 2.05) is 0 Å². The predicted octanol–water partition coefficient (Wildman–Crippen LogP) is 13.1. The molecule has 0 saturated heterocycles. The molecule has 0 unspecified atom stereocenters. The summed E-state index contributed by atoms with van der Waals surface area (Å²) in [5.74, 6) is 0. The largest absolute Gasteiger partial charge is 0.455 e. The van der Waals surface area contributed by atoms with E-state index < -0.39 is 223 Å². The molecule has 0 aliphatic heterocycles. The van der Waals surface area contributed by atoms with Crippen molar-refractivity contribution in [1.82, 2.24) is 9.13 Å². The predicted molar refractivity (Wildman–Crippen MR) is 213 cm³/mol. The van der Waals surface area contributed by atoms with Gasteiger partial charge < -0.3 is 13.6 Å². The van der Waals surface area contributed by atoms with Crippen molar-refractivity contribution in [3.63, 3.8) is 0 Å². The van der Waals surface area contributed by atoms with Gasteiger partial charge in [-0.3, -0.25) is 0 Å². The number of fused-ring (bicyclic) bond motifs is 9. The summed E-state index contributed by atoms with van der Waals surface area (Å²) in [5.41, 5.74) is -6.00. The number of rotatable bonds is 4. The molecule has 0 saturated carbocycles. The standard InChI is InChI=1S/C48H30N2O/c1-3-13-31(14-4-1)35-25-28-45(47-38-19-9-12-22-46(38)51-48(35)47)50-42-21-11-8-18-37(42)40-30-33(24-27-44(40)50)32-23-26-43-39(29-32)36-17-7-10-20-41(36)49(43)34-15-5-2-6-16-34/h1-30H/i1D,3D,4D,7D,8D,9D,10D,11D,12D,13D,14D,17D,18D,19D,20D,21D,22D,23D,24D,25D,26D,27D,28D,29D,30D. The van der Waals surface area contributed by atoms with Gasteiger partial charge in [0.2, 0.25) is 0 Å². The first kappa shape index (κ1) is 13.1. The fourth-order valence-corrected chi connectivity index (χ4v) is 6.52. The molecule has 0 aliphatic carbocycles. The van der Waals surface area contributed by atoms with Crippen molar-refractivity contribution in [3.05, 3.63) is 181 Å². The molecule has 0 amide bonds. The van der Waals surface area contributed by atoms with Crippen LogP contribution in [0.5, 0.6) is 0 Å². The van der Waals surface area contributed by atoms with Crippen LogP contribution < -0.4 is 0 Å². The van der Waals surface area contributed by atoms with Crippen LogP contribution in [0.2, 0.25) is 0 Å². The first-order valence-electron chi connectivity index (χ1n) is 27.9. The zero-order valence-corrected chi connectivity index (χ0v) is 25.7. The first-order valence-corrected chi connectivity index (χ1v) is 15.4. The lowest BCUT2D eigenvalue weighted by Gasteiger charge is -2.12. The Morgan fingerprint density at radius 2 is 1.00 bits per heavy atom. The minimum Gasteiger partial charge on any atom is -0.455 e. The number of benzene rings is 8. The molecule has 11 aromatic rings. The molecular formula is C48H30N2O. The molecule has 238 valence electrons. The van der Waals surface area contributed by atoms with Crippen molar-refractivity contribution in [2.24, 2.45) is 0 Å². The average Bonchev–Trinajstić information content (AvgIpc) is 4.11.